The van der Waals surface area contributed by atoms with Crippen LogP contribution in [0.3, 0.4) is 0 Å². The van der Waals surface area contributed by atoms with E-state index in [0.29, 0.717) is 58.4 Å². The SMILES string of the molecule is CC(C)(C)OC(=O)NNC(=O)C1CCC(CN2CC3(CCN(Cc4ccc(C(F)(F)F)cc4)CC3)OC2=O)CC1. The van der Waals surface area contributed by atoms with Crippen molar-refractivity contribution in [2.75, 3.05) is 26.2 Å². The number of hydrogen-bond donors (Lipinski definition) is 2. The van der Waals surface area contributed by atoms with Crippen LogP contribution in [0, 0.1) is 11.8 Å². The lowest BCUT2D eigenvalue weighted by molar-refractivity contribution is -0.137. The van der Waals surface area contributed by atoms with Gasteiger partial charge in [-0.3, -0.25) is 15.1 Å². The molecule has 1 aromatic carbocycles. The predicted octanol–water partition coefficient (Wildman–Crippen LogP) is 4.85. The molecule has 0 radical (unpaired) electrons. The van der Waals surface area contributed by atoms with Gasteiger partial charge < -0.3 is 14.4 Å². The molecule has 40 heavy (non-hydrogen) atoms. The van der Waals surface area contributed by atoms with Crippen molar-refractivity contribution in [1.82, 2.24) is 20.7 Å². The van der Waals surface area contributed by atoms with Crippen molar-refractivity contribution >= 4 is 18.1 Å². The first-order valence-corrected chi connectivity index (χ1v) is 13.9. The maximum atomic E-state index is 12.8. The number of nitrogens with one attached hydrogen (secondary N) is 2. The second-order valence-corrected chi connectivity index (χ2v) is 12.2. The number of rotatable bonds is 5. The van der Waals surface area contributed by atoms with Crippen LogP contribution in [0.25, 0.3) is 0 Å². The molecule has 3 amide bonds. The van der Waals surface area contributed by atoms with Gasteiger partial charge in [0, 0.05) is 44.9 Å². The van der Waals surface area contributed by atoms with Gasteiger partial charge >= 0.3 is 18.4 Å². The first kappa shape index (κ1) is 30.0. The van der Waals surface area contributed by atoms with Crippen molar-refractivity contribution in [2.45, 2.75) is 83.2 Å². The van der Waals surface area contributed by atoms with E-state index in [-0.39, 0.29) is 23.8 Å². The first-order chi connectivity index (χ1) is 18.7. The van der Waals surface area contributed by atoms with E-state index < -0.39 is 29.0 Å². The Balaban J connectivity index is 1.18. The summed E-state index contributed by atoms with van der Waals surface area (Å²) in [6.07, 6.45) is -1.09. The summed E-state index contributed by atoms with van der Waals surface area (Å²) in [4.78, 5) is 40.9. The normalized spacial score (nSPS) is 23.6. The molecule has 9 nitrogen and oxygen atoms in total. The highest BCUT2D eigenvalue weighted by molar-refractivity contribution is 5.81. The van der Waals surface area contributed by atoms with Crippen molar-refractivity contribution < 1.29 is 37.0 Å². The quantitative estimate of drug-likeness (QED) is 0.493. The Morgan fingerprint density at radius 2 is 1.65 bits per heavy atom. The number of alkyl halides is 3. The van der Waals surface area contributed by atoms with Crippen LogP contribution in [-0.2, 0) is 27.0 Å². The maximum absolute atomic E-state index is 12.8. The van der Waals surface area contributed by atoms with Gasteiger partial charge in [-0.15, -0.1) is 0 Å². The molecule has 3 fully saturated rings. The minimum atomic E-state index is -4.34. The van der Waals surface area contributed by atoms with Crippen LogP contribution in [0.15, 0.2) is 24.3 Å². The Bertz CT molecular complexity index is 1060. The summed E-state index contributed by atoms with van der Waals surface area (Å²) in [5, 5.41) is 0. The van der Waals surface area contributed by atoms with Gasteiger partial charge in [-0.2, -0.15) is 13.2 Å². The number of hydrogen-bond acceptors (Lipinski definition) is 6. The van der Waals surface area contributed by atoms with Crippen molar-refractivity contribution in [1.29, 1.82) is 0 Å². The van der Waals surface area contributed by atoms with Crippen molar-refractivity contribution in [2.24, 2.45) is 11.8 Å². The van der Waals surface area contributed by atoms with Crippen LogP contribution in [-0.4, -0.2) is 65.3 Å². The van der Waals surface area contributed by atoms with Crippen LogP contribution in [0.2, 0.25) is 0 Å². The average Bonchev–Trinajstić information content (AvgIpc) is 3.17. The zero-order valence-corrected chi connectivity index (χ0v) is 23.3. The highest BCUT2D eigenvalue weighted by Gasteiger charge is 2.47. The van der Waals surface area contributed by atoms with E-state index in [1.54, 1.807) is 25.7 Å². The first-order valence-electron chi connectivity index (χ1n) is 13.9. The number of carbonyl (C=O) groups is 3. The number of carbonyl (C=O) groups excluding carboxylic acids is 3. The molecule has 2 N–H and O–H groups in total. The third kappa shape index (κ3) is 8.02. The van der Waals surface area contributed by atoms with Gasteiger partial charge in [-0.25, -0.2) is 15.0 Å². The fraction of sp³-hybridized carbons (Fsp3) is 0.679. The number of nitrogens with zero attached hydrogens (tertiary/aromatic N) is 2. The molecule has 4 rings (SSSR count). The molecule has 0 atom stereocenters. The third-order valence-corrected chi connectivity index (χ3v) is 7.88. The molecule has 1 aliphatic carbocycles. The summed E-state index contributed by atoms with van der Waals surface area (Å²) in [5.74, 6) is -0.186. The molecule has 2 heterocycles. The standard InChI is InChI=1S/C28H39F3N4O5/c1-26(2,3)39-24(37)33-32-23(36)21-8-4-20(5-9-21)17-35-18-27(40-25(35)38)12-14-34(15-13-27)16-19-6-10-22(11-7-19)28(29,30)31/h6-7,10-11,20-21H,4-5,8-9,12-18H2,1-3H3,(H,32,36)(H,33,37). The number of ether oxygens (including phenoxy) is 2. The summed E-state index contributed by atoms with van der Waals surface area (Å²) in [6, 6.07) is 5.25. The molecule has 3 aliphatic rings. The molecule has 1 spiro atoms. The predicted molar refractivity (Wildman–Crippen MR) is 140 cm³/mol. The lowest BCUT2D eigenvalue weighted by Gasteiger charge is -2.37. The second-order valence-electron chi connectivity index (χ2n) is 12.2. The Morgan fingerprint density at radius 1 is 1.02 bits per heavy atom. The lowest BCUT2D eigenvalue weighted by atomic mass is 9.81. The number of halogens is 3. The lowest BCUT2D eigenvalue weighted by Crippen LogP contribution is -2.47. The van der Waals surface area contributed by atoms with E-state index in [9.17, 15) is 27.6 Å². The van der Waals surface area contributed by atoms with E-state index in [1.165, 1.54) is 12.1 Å². The van der Waals surface area contributed by atoms with Gasteiger partial charge in [0.05, 0.1) is 12.1 Å². The maximum Gasteiger partial charge on any atom is 0.426 e. The molecular formula is C28H39F3N4O5. The number of benzene rings is 1. The van der Waals surface area contributed by atoms with Gasteiger partial charge in [0.2, 0.25) is 5.91 Å². The Kier molecular flexibility index (Phi) is 8.86. The summed E-state index contributed by atoms with van der Waals surface area (Å²) < 4.78 is 49.4. The van der Waals surface area contributed by atoms with Crippen molar-refractivity contribution in [3.8, 4) is 0 Å². The molecule has 12 heteroatoms. The third-order valence-electron chi connectivity index (χ3n) is 7.88. The molecule has 0 aromatic heterocycles. The van der Waals surface area contributed by atoms with Crippen LogP contribution >= 0.6 is 0 Å². The number of hydrazine groups is 1. The van der Waals surface area contributed by atoms with Gasteiger partial charge in [0.1, 0.15) is 11.2 Å². The summed E-state index contributed by atoms with van der Waals surface area (Å²) in [6.45, 7) is 8.27. The minimum Gasteiger partial charge on any atom is -0.443 e. The van der Waals surface area contributed by atoms with Crippen LogP contribution in [0.4, 0.5) is 22.8 Å². The molecule has 1 aromatic rings. The van der Waals surface area contributed by atoms with Gasteiger partial charge in [0.25, 0.3) is 0 Å². The Labute approximate surface area is 232 Å². The number of likely N-dealkylation sites (tertiary alicyclic amines) is 1. The molecule has 222 valence electrons. The number of piperidine rings is 1. The molecule has 1 saturated carbocycles. The Hall–Kier alpha value is -3.02. The summed E-state index contributed by atoms with van der Waals surface area (Å²) in [7, 11) is 0. The van der Waals surface area contributed by atoms with Crippen molar-refractivity contribution in [3.63, 3.8) is 0 Å². The molecule has 0 bridgehead atoms. The van der Waals surface area contributed by atoms with E-state index in [2.05, 4.69) is 15.8 Å². The largest absolute Gasteiger partial charge is 0.443 e. The molecule has 2 aliphatic heterocycles. The smallest absolute Gasteiger partial charge is 0.426 e. The van der Waals surface area contributed by atoms with Gasteiger partial charge in [0.15, 0.2) is 0 Å². The molecule has 0 unspecified atom stereocenters. The zero-order valence-electron chi connectivity index (χ0n) is 23.3. The van der Waals surface area contributed by atoms with E-state index in [1.807, 2.05) is 0 Å². The minimum absolute atomic E-state index is 0.211. The van der Waals surface area contributed by atoms with Crippen molar-refractivity contribution in [3.05, 3.63) is 35.4 Å². The van der Waals surface area contributed by atoms with Crippen LogP contribution in [0.5, 0.6) is 0 Å². The zero-order chi connectivity index (χ0) is 29.1. The van der Waals surface area contributed by atoms with E-state index in [0.717, 1.165) is 30.5 Å². The summed E-state index contributed by atoms with van der Waals surface area (Å²) in [5.41, 5.74) is 3.71. The van der Waals surface area contributed by atoms with E-state index in [4.69, 9.17) is 9.47 Å². The topological polar surface area (TPSA) is 100 Å². The highest BCUT2D eigenvalue weighted by atomic mass is 19.4. The highest BCUT2D eigenvalue weighted by Crippen LogP contribution is 2.36. The van der Waals surface area contributed by atoms with E-state index >= 15 is 0 Å². The summed E-state index contributed by atoms with van der Waals surface area (Å²) >= 11 is 0. The van der Waals surface area contributed by atoms with Gasteiger partial charge in [-0.05, 0) is 70.1 Å². The fourth-order valence-corrected chi connectivity index (χ4v) is 5.71. The molecule has 2 saturated heterocycles. The molecular weight excluding hydrogens is 529 g/mol. The average molecular weight is 569 g/mol. The monoisotopic (exact) mass is 568 g/mol. The fourth-order valence-electron chi connectivity index (χ4n) is 5.71. The van der Waals surface area contributed by atoms with Gasteiger partial charge in [-0.1, -0.05) is 12.1 Å². The van der Waals surface area contributed by atoms with Crippen LogP contribution < -0.4 is 10.9 Å². The Morgan fingerprint density at radius 3 is 2.23 bits per heavy atom. The second kappa shape index (κ2) is 11.8. The van der Waals surface area contributed by atoms with Crippen LogP contribution in [0.1, 0.15) is 70.4 Å². The number of amides is 3.